The van der Waals surface area contributed by atoms with Crippen LogP contribution in [0.15, 0.2) is 87.2 Å². The number of carboxylic acid groups (broad SMARTS) is 1. The van der Waals surface area contributed by atoms with Crippen molar-refractivity contribution in [1.29, 1.82) is 0 Å². The number of aliphatic imine (C=N–C) groups is 1. The first-order chi connectivity index (χ1) is 17.0. The highest BCUT2D eigenvalue weighted by atomic mass is 32.2. The quantitative estimate of drug-likeness (QED) is 0.325. The van der Waals surface area contributed by atoms with Crippen molar-refractivity contribution < 1.29 is 19.1 Å². The van der Waals surface area contributed by atoms with Gasteiger partial charge in [-0.2, -0.15) is 0 Å². The lowest BCUT2D eigenvalue weighted by atomic mass is 10.1. The number of benzene rings is 2. The van der Waals surface area contributed by atoms with Crippen LogP contribution < -0.4 is 0 Å². The Kier molecular flexibility index (Phi) is 6.29. The Labute approximate surface area is 206 Å². The van der Waals surface area contributed by atoms with E-state index in [4.69, 9.17) is 14.5 Å². The highest BCUT2D eigenvalue weighted by molar-refractivity contribution is 8.18. The van der Waals surface area contributed by atoms with Gasteiger partial charge in [-0.15, -0.1) is 0 Å². The van der Waals surface area contributed by atoms with Crippen LogP contribution in [0.3, 0.4) is 0 Å². The molecule has 1 N–H and O–H groups in total. The molecular weight excluding hydrogens is 462 g/mol. The van der Waals surface area contributed by atoms with Crippen molar-refractivity contribution in [2.75, 3.05) is 6.54 Å². The van der Waals surface area contributed by atoms with Gasteiger partial charge in [0.15, 0.2) is 5.17 Å². The number of rotatable bonds is 7. The molecule has 1 aliphatic rings. The molecule has 0 aliphatic carbocycles. The van der Waals surface area contributed by atoms with E-state index in [0.717, 1.165) is 28.6 Å². The van der Waals surface area contributed by atoms with Gasteiger partial charge < -0.3 is 14.1 Å². The molecule has 35 heavy (non-hydrogen) atoms. The van der Waals surface area contributed by atoms with Crippen LogP contribution >= 0.6 is 11.8 Å². The highest BCUT2D eigenvalue weighted by Crippen LogP contribution is 2.36. The van der Waals surface area contributed by atoms with Crippen LogP contribution in [0, 0.1) is 0 Å². The van der Waals surface area contributed by atoms with E-state index in [9.17, 15) is 9.59 Å². The fraction of sp³-hybridized carbons (Fsp3) is 0.148. The van der Waals surface area contributed by atoms with E-state index in [-0.39, 0.29) is 11.7 Å². The predicted octanol–water partition coefficient (Wildman–Crippen LogP) is 5.99. The van der Waals surface area contributed by atoms with E-state index in [0.29, 0.717) is 28.9 Å². The smallest absolute Gasteiger partial charge is 0.371 e. The molecule has 2 aromatic heterocycles. The van der Waals surface area contributed by atoms with Crippen LogP contribution in [-0.2, 0) is 11.3 Å². The van der Waals surface area contributed by atoms with Crippen LogP contribution in [0.25, 0.3) is 17.0 Å². The molecule has 4 aromatic rings. The molecule has 0 saturated carbocycles. The van der Waals surface area contributed by atoms with Crippen LogP contribution in [0.1, 0.15) is 35.2 Å². The van der Waals surface area contributed by atoms with Crippen molar-refractivity contribution in [1.82, 2.24) is 9.47 Å². The number of carboxylic acids is 1. The predicted molar refractivity (Wildman–Crippen MR) is 138 cm³/mol. The van der Waals surface area contributed by atoms with Gasteiger partial charge in [0.05, 0.1) is 17.1 Å². The lowest BCUT2D eigenvalue weighted by Crippen LogP contribution is -2.29. The molecule has 0 radical (unpaired) electrons. The Balaban J connectivity index is 1.51. The number of carbonyl (C=O) groups is 2. The molecule has 1 aliphatic heterocycles. The van der Waals surface area contributed by atoms with Gasteiger partial charge in [0, 0.05) is 29.2 Å². The van der Waals surface area contributed by atoms with Gasteiger partial charge >= 0.3 is 5.97 Å². The minimum absolute atomic E-state index is 0.0551. The third kappa shape index (κ3) is 4.65. The van der Waals surface area contributed by atoms with Crippen molar-refractivity contribution >= 4 is 51.5 Å². The van der Waals surface area contributed by atoms with Gasteiger partial charge in [-0.3, -0.25) is 9.69 Å². The maximum absolute atomic E-state index is 13.3. The number of aromatic nitrogens is 1. The topological polar surface area (TPSA) is 88.0 Å². The van der Waals surface area contributed by atoms with Crippen molar-refractivity contribution in [3.63, 3.8) is 0 Å². The number of carbonyl (C=O) groups excluding carboxylic acids is 1. The number of amides is 1. The van der Waals surface area contributed by atoms with E-state index < -0.39 is 5.97 Å². The Morgan fingerprint density at radius 3 is 2.60 bits per heavy atom. The SMILES string of the molecule is CCCN1C(=O)/C(=C/c2cn(Cc3ccc(C(=O)O)o3)c3ccccc23)SC1=Nc1ccccc1. The van der Waals surface area contributed by atoms with E-state index >= 15 is 0 Å². The molecule has 7 nitrogen and oxygen atoms in total. The maximum atomic E-state index is 13.3. The molecule has 5 rings (SSSR count). The Morgan fingerprint density at radius 2 is 1.86 bits per heavy atom. The van der Waals surface area contributed by atoms with Crippen LogP contribution in [0.2, 0.25) is 0 Å². The summed E-state index contributed by atoms with van der Waals surface area (Å²) < 4.78 is 7.45. The van der Waals surface area contributed by atoms with Crippen LogP contribution in [-0.4, -0.2) is 38.2 Å². The summed E-state index contributed by atoms with van der Waals surface area (Å²) in [6.07, 6.45) is 4.70. The van der Waals surface area contributed by atoms with Gasteiger partial charge in [0.2, 0.25) is 5.76 Å². The molecule has 0 bridgehead atoms. The molecule has 176 valence electrons. The normalized spacial score (nSPS) is 16.1. The molecule has 1 saturated heterocycles. The lowest BCUT2D eigenvalue weighted by Gasteiger charge is -2.13. The Bertz CT molecular complexity index is 1470. The number of aromatic carboxylic acids is 1. The number of hydrogen-bond acceptors (Lipinski definition) is 5. The summed E-state index contributed by atoms with van der Waals surface area (Å²) in [4.78, 5) is 31.5. The largest absolute Gasteiger partial charge is 0.475 e. The number of thioether (sulfide) groups is 1. The second kappa shape index (κ2) is 9.68. The second-order valence-electron chi connectivity index (χ2n) is 8.10. The van der Waals surface area contributed by atoms with E-state index in [1.807, 2.05) is 78.4 Å². The summed E-state index contributed by atoms with van der Waals surface area (Å²) in [6.45, 7) is 3.01. The third-order valence-corrected chi connectivity index (χ3v) is 6.63. The van der Waals surface area contributed by atoms with Crippen LogP contribution in [0.5, 0.6) is 0 Å². The number of amidine groups is 1. The molecule has 8 heteroatoms. The third-order valence-electron chi connectivity index (χ3n) is 5.62. The number of furan rings is 1. The second-order valence-corrected chi connectivity index (χ2v) is 9.11. The van der Waals surface area contributed by atoms with E-state index in [1.54, 1.807) is 11.0 Å². The molecule has 2 aromatic carbocycles. The Hall–Kier alpha value is -4.04. The highest BCUT2D eigenvalue weighted by Gasteiger charge is 2.33. The van der Waals surface area contributed by atoms with Gasteiger partial charge in [-0.05, 0) is 54.6 Å². The fourth-order valence-electron chi connectivity index (χ4n) is 4.03. The van der Waals surface area contributed by atoms with E-state index in [2.05, 4.69) is 0 Å². The molecule has 0 unspecified atom stereocenters. The molecule has 0 atom stereocenters. The first kappa shape index (κ1) is 22.7. The van der Waals surface area contributed by atoms with Crippen molar-refractivity contribution in [3.05, 3.63) is 94.9 Å². The molecule has 1 amide bonds. The van der Waals surface area contributed by atoms with Gasteiger partial charge in [-0.25, -0.2) is 9.79 Å². The molecular formula is C27H23N3O4S. The summed E-state index contributed by atoms with van der Waals surface area (Å²) in [6, 6.07) is 20.7. The first-order valence-electron chi connectivity index (χ1n) is 11.3. The summed E-state index contributed by atoms with van der Waals surface area (Å²) in [5, 5.41) is 10.8. The number of fused-ring (bicyclic) bond motifs is 1. The zero-order chi connectivity index (χ0) is 24.4. The van der Waals surface area contributed by atoms with Gasteiger partial charge in [0.25, 0.3) is 5.91 Å². The van der Waals surface area contributed by atoms with Gasteiger partial charge in [0.1, 0.15) is 5.76 Å². The number of nitrogens with zero attached hydrogens (tertiary/aromatic N) is 3. The van der Waals surface area contributed by atoms with Gasteiger partial charge in [-0.1, -0.05) is 43.3 Å². The molecule has 0 spiro atoms. The number of para-hydroxylation sites is 2. The summed E-state index contributed by atoms with van der Waals surface area (Å²) in [5.41, 5.74) is 2.67. The summed E-state index contributed by atoms with van der Waals surface area (Å²) >= 11 is 1.38. The zero-order valence-corrected chi connectivity index (χ0v) is 19.9. The summed E-state index contributed by atoms with van der Waals surface area (Å²) in [7, 11) is 0. The minimum atomic E-state index is -1.10. The average Bonchev–Trinajstić information content (AvgIpc) is 3.54. The minimum Gasteiger partial charge on any atom is -0.475 e. The van der Waals surface area contributed by atoms with Crippen molar-refractivity contribution in [3.8, 4) is 0 Å². The monoisotopic (exact) mass is 485 g/mol. The lowest BCUT2D eigenvalue weighted by molar-refractivity contribution is -0.122. The number of hydrogen-bond donors (Lipinski definition) is 1. The standard InChI is InChI=1S/C27H23N3O4S/c1-2-14-30-25(31)24(35-27(30)28-19-8-4-3-5-9-19)15-18-16-29(22-11-7-6-10-21(18)22)17-20-12-13-23(34-20)26(32)33/h3-13,15-16H,2,14,17H2,1H3,(H,32,33)/b24-15-,28-27?. The Morgan fingerprint density at radius 1 is 1.09 bits per heavy atom. The van der Waals surface area contributed by atoms with E-state index in [1.165, 1.54) is 17.8 Å². The first-order valence-corrected chi connectivity index (χ1v) is 12.1. The maximum Gasteiger partial charge on any atom is 0.371 e. The van der Waals surface area contributed by atoms with Crippen LogP contribution in [0.4, 0.5) is 5.69 Å². The molecule has 3 heterocycles. The average molecular weight is 486 g/mol. The summed E-state index contributed by atoms with van der Waals surface area (Å²) in [5.74, 6) is -0.700. The van der Waals surface area contributed by atoms with Crippen molar-refractivity contribution in [2.24, 2.45) is 4.99 Å². The van der Waals surface area contributed by atoms with Crippen molar-refractivity contribution in [2.45, 2.75) is 19.9 Å². The zero-order valence-electron chi connectivity index (χ0n) is 19.0. The fourth-order valence-corrected chi connectivity index (χ4v) is 5.05. The molecule has 1 fully saturated rings.